The van der Waals surface area contributed by atoms with Crippen LogP contribution >= 0.6 is 0 Å². The summed E-state index contributed by atoms with van der Waals surface area (Å²) < 4.78 is 0. The smallest absolute Gasteiger partial charge is 0.255 e. The summed E-state index contributed by atoms with van der Waals surface area (Å²) in [4.78, 5) is 26.0. The molecule has 1 aliphatic rings. The van der Waals surface area contributed by atoms with Crippen LogP contribution < -0.4 is 5.56 Å². The summed E-state index contributed by atoms with van der Waals surface area (Å²) in [5.74, 6) is 0.778. The molecule has 0 spiro atoms. The average molecular weight is 336 g/mol. The van der Waals surface area contributed by atoms with Gasteiger partial charge in [-0.15, -0.1) is 0 Å². The molecule has 1 aromatic carbocycles. The highest BCUT2D eigenvalue weighted by atomic mass is 16.1. The molecule has 0 aliphatic carbocycles. The second-order valence-electron chi connectivity index (χ2n) is 7.93. The predicted molar refractivity (Wildman–Crippen MR) is 99.7 cm³/mol. The SMILES string of the molecule is CC(C)(C)c1nc2c(c(=O)[nH]1)CN(Cc1cc3ccccc3[nH]1)CC2. The summed E-state index contributed by atoms with van der Waals surface area (Å²) in [5, 5.41) is 1.23. The van der Waals surface area contributed by atoms with E-state index in [9.17, 15) is 4.79 Å². The van der Waals surface area contributed by atoms with Gasteiger partial charge in [0.15, 0.2) is 0 Å². The number of benzene rings is 1. The lowest BCUT2D eigenvalue weighted by atomic mass is 9.95. The highest BCUT2D eigenvalue weighted by Crippen LogP contribution is 2.22. The quantitative estimate of drug-likeness (QED) is 0.756. The van der Waals surface area contributed by atoms with Gasteiger partial charge in [0.25, 0.3) is 5.56 Å². The molecular weight excluding hydrogens is 312 g/mol. The molecule has 4 rings (SSSR count). The van der Waals surface area contributed by atoms with Crippen LogP contribution in [0.1, 0.15) is 43.5 Å². The molecule has 3 aromatic rings. The Hall–Kier alpha value is -2.40. The van der Waals surface area contributed by atoms with E-state index in [0.29, 0.717) is 6.54 Å². The standard InChI is InChI=1S/C20H24N4O/c1-20(2,3)19-22-17-8-9-24(12-15(17)18(25)23-19)11-14-10-13-6-4-5-7-16(13)21-14/h4-7,10,21H,8-9,11-12H2,1-3H3,(H,22,23,25). The lowest BCUT2D eigenvalue weighted by Gasteiger charge is -2.28. The second-order valence-corrected chi connectivity index (χ2v) is 7.93. The zero-order chi connectivity index (χ0) is 17.6. The molecular formula is C20H24N4O. The minimum absolute atomic E-state index is 0.0104. The molecule has 2 N–H and O–H groups in total. The van der Waals surface area contributed by atoms with E-state index in [1.165, 1.54) is 11.1 Å². The second kappa shape index (κ2) is 5.85. The number of fused-ring (bicyclic) bond motifs is 2. The van der Waals surface area contributed by atoms with Crippen molar-refractivity contribution in [3.8, 4) is 0 Å². The molecule has 5 heteroatoms. The van der Waals surface area contributed by atoms with E-state index in [0.717, 1.165) is 42.1 Å². The molecule has 0 bridgehead atoms. The van der Waals surface area contributed by atoms with Crippen LogP contribution in [0.15, 0.2) is 35.1 Å². The van der Waals surface area contributed by atoms with Crippen molar-refractivity contribution in [2.24, 2.45) is 0 Å². The molecule has 0 radical (unpaired) electrons. The molecule has 5 nitrogen and oxygen atoms in total. The molecule has 130 valence electrons. The van der Waals surface area contributed by atoms with E-state index >= 15 is 0 Å². The van der Waals surface area contributed by atoms with Gasteiger partial charge in [-0.05, 0) is 17.5 Å². The summed E-state index contributed by atoms with van der Waals surface area (Å²) in [7, 11) is 0. The van der Waals surface area contributed by atoms with Gasteiger partial charge in [-0.25, -0.2) is 4.98 Å². The number of hydrogen-bond donors (Lipinski definition) is 2. The number of nitrogens with one attached hydrogen (secondary N) is 2. The highest BCUT2D eigenvalue weighted by Gasteiger charge is 2.25. The van der Waals surface area contributed by atoms with Gasteiger partial charge >= 0.3 is 0 Å². The number of para-hydroxylation sites is 1. The number of nitrogens with zero attached hydrogens (tertiary/aromatic N) is 2. The van der Waals surface area contributed by atoms with Gasteiger partial charge in [-0.1, -0.05) is 39.0 Å². The van der Waals surface area contributed by atoms with E-state index in [4.69, 9.17) is 4.98 Å². The lowest BCUT2D eigenvalue weighted by molar-refractivity contribution is 0.238. The first kappa shape index (κ1) is 16.1. The zero-order valence-electron chi connectivity index (χ0n) is 15.0. The molecule has 0 fully saturated rings. The third-order valence-electron chi connectivity index (χ3n) is 4.84. The Morgan fingerprint density at radius 3 is 2.76 bits per heavy atom. The maximum absolute atomic E-state index is 12.5. The Labute approximate surface area is 147 Å². The molecule has 0 unspecified atom stereocenters. The van der Waals surface area contributed by atoms with Crippen LogP contribution in [0.5, 0.6) is 0 Å². The number of aromatic amines is 2. The Kier molecular flexibility index (Phi) is 3.76. The van der Waals surface area contributed by atoms with Crippen LogP contribution in [0.4, 0.5) is 0 Å². The monoisotopic (exact) mass is 336 g/mol. The van der Waals surface area contributed by atoms with Gasteiger partial charge in [0.1, 0.15) is 5.82 Å². The summed E-state index contributed by atoms with van der Waals surface area (Å²) >= 11 is 0. The van der Waals surface area contributed by atoms with E-state index < -0.39 is 0 Å². The lowest BCUT2D eigenvalue weighted by Crippen LogP contribution is -2.37. The normalized spacial score (nSPS) is 15.5. The van der Waals surface area contributed by atoms with E-state index in [1.54, 1.807) is 0 Å². The minimum atomic E-state index is -0.143. The van der Waals surface area contributed by atoms with Crippen molar-refractivity contribution in [1.82, 2.24) is 19.9 Å². The van der Waals surface area contributed by atoms with Crippen molar-refractivity contribution in [3.63, 3.8) is 0 Å². The Bertz CT molecular complexity index is 944. The topological polar surface area (TPSA) is 64.8 Å². The van der Waals surface area contributed by atoms with Crippen molar-refractivity contribution in [1.29, 1.82) is 0 Å². The molecule has 0 saturated carbocycles. The molecule has 25 heavy (non-hydrogen) atoms. The Morgan fingerprint density at radius 2 is 2.00 bits per heavy atom. The minimum Gasteiger partial charge on any atom is -0.357 e. The fraction of sp³-hybridized carbons (Fsp3) is 0.400. The maximum atomic E-state index is 12.5. The fourth-order valence-electron chi connectivity index (χ4n) is 3.43. The van der Waals surface area contributed by atoms with Crippen LogP contribution in [0.25, 0.3) is 10.9 Å². The first-order valence-corrected chi connectivity index (χ1v) is 8.82. The Balaban J connectivity index is 1.57. The van der Waals surface area contributed by atoms with Crippen LogP contribution in [0.3, 0.4) is 0 Å². The molecule has 0 amide bonds. The highest BCUT2D eigenvalue weighted by molar-refractivity contribution is 5.80. The average Bonchev–Trinajstić information content (AvgIpc) is 2.96. The van der Waals surface area contributed by atoms with Crippen LogP contribution in [-0.2, 0) is 24.9 Å². The summed E-state index contributed by atoms with van der Waals surface area (Å²) in [6.07, 6.45) is 0.822. The Morgan fingerprint density at radius 1 is 1.20 bits per heavy atom. The van der Waals surface area contributed by atoms with Crippen molar-refractivity contribution in [2.75, 3.05) is 6.54 Å². The van der Waals surface area contributed by atoms with Gasteiger partial charge in [0.05, 0.1) is 11.3 Å². The van der Waals surface area contributed by atoms with Crippen molar-refractivity contribution in [2.45, 2.75) is 45.7 Å². The van der Waals surface area contributed by atoms with Crippen molar-refractivity contribution >= 4 is 10.9 Å². The van der Waals surface area contributed by atoms with Gasteiger partial charge in [0.2, 0.25) is 0 Å². The number of rotatable bonds is 2. The summed E-state index contributed by atoms with van der Waals surface area (Å²) in [6.45, 7) is 8.60. The van der Waals surface area contributed by atoms with E-state index in [2.05, 4.69) is 59.9 Å². The van der Waals surface area contributed by atoms with Crippen LogP contribution in [0.2, 0.25) is 0 Å². The first-order chi connectivity index (χ1) is 11.9. The number of hydrogen-bond acceptors (Lipinski definition) is 3. The summed E-state index contributed by atoms with van der Waals surface area (Å²) in [6, 6.07) is 10.5. The molecule has 3 heterocycles. The van der Waals surface area contributed by atoms with Crippen molar-refractivity contribution < 1.29 is 0 Å². The van der Waals surface area contributed by atoms with Crippen LogP contribution in [-0.4, -0.2) is 26.4 Å². The largest absolute Gasteiger partial charge is 0.357 e. The molecule has 0 atom stereocenters. The maximum Gasteiger partial charge on any atom is 0.255 e. The third kappa shape index (κ3) is 3.12. The van der Waals surface area contributed by atoms with Gasteiger partial charge in [0, 0.05) is 42.7 Å². The zero-order valence-corrected chi connectivity index (χ0v) is 15.0. The third-order valence-corrected chi connectivity index (χ3v) is 4.84. The van der Waals surface area contributed by atoms with Gasteiger partial charge in [-0.2, -0.15) is 0 Å². The van der Waals surface area contributed by atoms with Gasteiger partial charge < -0.3 is 9.97 Å². The number of aromatic nitrogens is 3. The molecule has 1 aliphatic heterocycles. The first-order valence-electron chi connectivity index (χ1n) is 8.82. The number of H-pyrrole nitrogens is 2. The van der Waals surface area contributed by atoms with E-state index in [1.807, 2.05) is 6.07 Å². The van der Waals surface area contributed by atoms with Crippen LogP contribution in [0, 0.1) is 0 Å². The van der Waals surface area contributed by atoms with Gasteiger partial charge in [-0.3, -0.25) is 9.69 Å². The van der Waals surface area contributed by atoms with Crippen molar-refractivity contribution in [3.05, 3.63) is 63.5 Å². The molecule has 0 saturated heterocycles. The van der Waals surface area contributed by atoms with E-state index in [-0.39, 0.29) is 11.0 Å². The molecule has 2 aromatic heterocycles. The fourth-order valence-corrected chi connectivity index (χ4v) is 3.43. The predicted octanol–water partition coefficient (Wildman–Crippen LogP) is 3.11. The summed E-state index contributed by atoms with van der Waals surface area (Å²) in [5.41, 5.74) is 3.98.